The van der Waals surface area contributed by atoms with Crippen molar-refractivity contribution >= 4 is 17.4 Å². The van der Waals surface area contributed by atoms with E-state index in [1.54, 1.807) is 11.1 Å². The highest BCUT2D eigenvalue weighted by Crippen LogP contribution is 2.35. The van der Waals surface area contributed by atoms with Crippen LogP contribution in [0.2, 0.25) is 0 Å². The van der Waals surface area contributed by atoms with Crippen LogP contribution in [0.5, 0.6) is 11.5 Å². The van der Waals surface area contributed by atoms with Gasteiger partial charge in [0.2, 0.25) is 0 Å². The summed E-state index contributed by atoms with van der Waals surface area (Å²) in [6.07, 6.45) is 5.04. The largest absolute Gasteiger partial charge is 0.457 e. The molecule has 1 unspecified atom stereocenters. The quantitative estimate of drug-likeness (QED) is 0.283. The number of likely N-dealkylation sites (tertiary alicyclic amines) is 1. The zero-order valence-corrected chi connectivity index (χ0v) is 21.4. The number of ether oxygens (including phenoxy) is 2. The average Bonchev–Trinajstić information content (AvgIpc) is 3.38. The molecule has 196 valence electrons. The van der Waals surface area contributed by atoms with E-state index in [0.29, 0.717) is 18.9 Å². The molecule has 8 heteroatoms. The summed E-state index contributed by atoms with van der Waals surface area (Å²) in [7, 11) is 0. The molecule has 6 rings (SSSR count). The molecule has 1 amide bonds. The normalized spacial score (nSPS) is 15.3. The Morgan fingerprint density at radius 3 is 2.44 bits per heavy atom. The molecule has 0 bridgehead atoms. The number of imidazole rings is 1. The van der Waals surface area contributed by atoms with Gasteiger partial charge in [0.05, 0.1) is 0 Å². The Balaban J connectivity index is 1.24. The van der Waals surface area contributed by atoms with Gasteiger partial charge >= 0.3 is 6.09 Å². The molecular formula is C31H29N5O3. The van der Waals surface area contributed by atoms with Crippen molar-refractivity contribution in [2.24, 2.45) is 0 Å². The van der Waals surface area contributed by atoms with Crippen LogP contribution in [0, 0.1) is 0 Å². The molecule has 1 saturated heterocycles. The lowest BCUT2D eigenvalue weighted by Gasteiger charge is -2.31. The van der Waals surface area contributed by atoms with E-state index in [0.717, 1.165) is 52.5 Å². The van der Waals surface area contributed by atoms with E-state index in [2.05, 4.69) is 4.98 Å². The zero-order valence-electron chi connectivity index (χ0n) is 21.4. The number of nitrogen functional groups attached to an aromatic ring is 1. The summed E-state index contributed by atoms with van der Waals surface area (Å²) in [4.78, 5) is 24.1. The third kappa shape index (κ3) is 5.27. The first-order chi connectivity index (χ1) is 19.2. The number of nitrogens with zero attached hydrogens (tertiary/aromatic N) is 4. The number of amides is 1. The maximum absolute atomic E-state index is 12.9. The number of nitrogens with two attached hydrogens (primary N) is 1. The molecule has 2 N–H and O–H groups in total. The molecule has 3 aromatic carbocycles. The number of para-hydroxylation sites is 1. The summed E-state index contributed by atoms with van der Waals surface area (Å²) in [6, 6.07) is 27.2. The number of carbonyl (C=O) groups excluding carboxylic acids is 1. The van der Waals surface area contributed by atoms with Crippen LogP contribution in [0.4, 0.5) is 10.6 Å². The van der Waals surface area contributed by atoms with Gasteiger partial charge in [0.1, 0.15) is 41.0 Å². The highest BCUT2D eigenvalue weighted by molar-refractivity contribution is 5.85. The van der Waals surface area contributed by atoms with Gasteiger partial charge in [-0.25, -0.2) is 14.8 Å². The van der Waals surface area contributed by atoms with Crippen LogP contribution >= 0.6 is 0 Å². The third-order valence-corrected chi connectivity index (χ3v) is 6.97. The molecule has 8 nitrogen and oxygen atoms in total. The van der Waals surface area contributed by atoms with E-state index >= 15 is 0 Å². The summed E-state index contributed by atoms with van der Waals surface area (Å²) in [5, 5.41) is 0. The Hall–Kier alpha value is -4.85. The van der Waals surface area contributed by atoms with Crippen molar-refractivity contribution in [1.82, 2.24) is 19.3 Å². The van der Waals surface area contributed by atoms with Gasteiger partial charge in [-0.05, 0) is 54.8 Å². The highest BCUT2D eigenvalue weighted by atomic mass is 16.6. The summed E-state index contributed by atoms with van der Waals surface area (Å²) < 4.78 is 13.6. The van der Waals surface area contributed by atoms with Crippen molar-refractivity contribution in [3.8, 4) is 22.8 Å². The zero-order chi connectivity index (χ0) is 26.6. The lowest BCUT2D eigenvalue weighted by molar-refractivity contribution is 0.0853. The fraction of sp³-hybridized carbons (Fsp3) is 0.194. The fourth-order valence-electron chi connectivity index (χ4n) is 5.05. The van der Waals surface area contributed by atoms with Gasteiger partial charge in [0, 0.05) is 37.0 Å². The molecule has 0 radical (unpaired) electrons. The van der Waals surface area contributed by atoms with Crippen LogP contribution in [-0.4, -0.2) is 38.5 Å². The molecule has 39 heavy (non-hydrogen) atoms. The van der Waals surface area contributed by atoms with Crippen molar-refractivity contribution in [1.29, 1.82) is 0 Å². The second-order valence-electron chi connectivity index (χ2n) is 9.61. The number of aromatic nitrogens is 3. The summed E-state index contributed by atoms with van der Waals surface area (Å²) in [5.41, 5.74) is 9.75. The number of benzene rings is 3. The first kappa shape index (κ1) is 24.5. The van der Waals surface area contributed by atoms with Crippen LogP contribution in [-0.2, 0) is 11.3 Å². The second kappa shape index (κ2) is 10.9. The van der Waals surface area contributed by atoms with Crippen molar-refractivity contribution in [3.63, 3.8) is 0 Å². The SMILES string of the molecule is Nc1nccn2c(C3CCCN(C(=O)OCc4ccccc4)C3)nc(-c3ccc(Oc4ccccc4)cc3)c12. The molecular weight excluding hydrogens is 490 g/mol. The number of fused-ring (bicyclic) bond motifs is 1. The molecule has 1 fully saturated rings. The molecule has 0 aliphatic carbocycles. The van der Waals surface area contributed by atoms with Crippen LogP contribution < -0.4 is 10.5 Å². The molecule has 1 aliphatic heterocycles. The number of piperidine rings is 1. The topological polar surface area (TPSA) is 95.0 Å². The number of hydrogen-bond donors (Lipinski definition) is 1. The van der Waals surface area contributed by atoms with E-state index in [-0.39, 0.29) is 18.6 Å². The van der Waals surface area contributed by atoms with E-state index in [9.17, 15) is 4.79 Å². The van der Waals surface area contributed by atoms with Crippen LogP contribution in [0.15, 0.2) is 97.3 Å². The Kier molecular flexibility index (Phi) is 6.82. The third-order valence-electron chi connectivity index (χ3n) is 6.97. The van der Waals surface area contributed by atoms with Crippen molar-refractivity contribution < 1.29 is 14.3 Å². The van der Waals surface area contributed by atoms with Crippen molar-refractivity contribution in [2.45, 2.75) is 25.4 Å². The predicted molar refractivity (Wildman–Crippen MR) is 150 cm³/mol. The first-order valence-electron chi connectivity index (χ1n) is 13.1. The van der Waals surface area contributed by atoms with Gasteiger partial charge < -0.3 is 20.1 Å². The van der Waals surface area contributed by atoms with Gasteiger partial charge in [-0.1, -0.05) is 48.5 Å². The van der Waals surface area contributed by atoms with Crippen molar-refractivity contribution in [3.05, 3.63) is 109 Å². The maximum atomic E-state index is 12.9. The monoisotopic (exact) mass is 519 g/mol. The van der Waals surface area contributed by atoms with Crippen molar-refractivity contribution in [2.75, 3.05) is 18.8 Å². The molecule has 5 aromatic rings. The van der Waals surface area contributed by atoms with E-state index < -0.39 is 0 Å². The highest BCUT2D eigenvalue weighted by Gasteiger charge is 2.30. The number of anilines is 1. The van der Waals surface area contributed by atoms with E-state index in [4.69, 9.17) is 20.2 Å². The molecule has 2 aromatic heterocycles. The number of hydrogen-bond acceptors (Lipinski definition) is 6. The van der Waals surface area contributed by atoms with Gasteiger partial charge in [0.15, 0.2) is 0 Å². The van der Waals surface area contributed by atoms with Crippen LogP contribution in [0.25, 0.3) is 16.8 Å². The Bertz CT molecular complexity index is 1570. The Morgan fingerprint density at radius 2 is 1.67 bits per heavy atom. The molecule has 1 aliphatic rings. The van der Waals surface area contributed by atoms with E-state index in [1.165, 1.54) is 0 Å². The van der Waals surface area contributed by atoms with E-state index in [1.807, 2.05) is 95.5 Å². The average molecular weight is 520 g/mol. The van der Waals surface area contributed by atoms with Gasteiger partial charge in [-0.2, -0.15) is 0 Å². The Labute approximate surface area is 226 Å². The smallest absolute Gasteiger partial charge is 0.410 e. The standard InChI is InChI=1S/C31H29N5O3/c32-29-28-27(23-13-15-26(16-14-23)39-25-11-5-2-6-12-25)34-30(36(28)19-17-33-29)24-10-7-18-35(20-24)31(37)38-21-22-8-3-1-4-9-22/h1-6,8-9,11-17,19,24H,7,10,18,20-21H2,(H2,32,33). The summed E-state index contributed by atoms with van der Waals surface area (Å²) in [5.74, 6) is 2.81. The lowest BCUT2D eigenvalue weighted by atomic mass is 9.97. The minimum atomic E-state index is -0.306. The lowest BCUT2D eigenvalue weighted by Crippen LogP contribution is -2.39. The molecule has 1 atom stereocenters. The number of rotatable bonds is 6. The second-order valence-corrected chi connectivity index (χ2v) is 9.61. The van der Waals surface area contributed by atoms with Crippen LogP contribution in [0.1, 0.15) is 30.1 Å². The first-order valence-corrected chi connectivity index (χ1v) is 13.1. The van der Waals surface area contributed by atoms with Gasteiger partial charge in [0.25, 0.3) is 0 Å². The minimum Gasteiger partial charge on any atom is -0.457 e. The van der Waals surface area contributed by atoms with Crippen LogP contribution in [0.3, 0.4) is 0 Å². The minimum absolute atomic E-state index is 0.0340. The number of carbonyl (C=O) groups is 1. The molecule has 3 heterocycles. The van der Waals surface area contributed by atoms with Gasteiger partial charge in [-0.15, -0.1) is 0 Å². The maximum Gasteiger partial charge on any atom is 0.410 e. The predicted octanol–water partition coefficient (Wildman–Crippen LogP) is 6.29. The summed E-state index contributed by atoms with van der Waals surface area (Å²) >= 11 is 0. The van der Waals surface area contributed by atoms with Gasteiger partial charge in [-0.3, -0.25) is 4.40 Å². The Morgan fingerprint density at radius 1 is 0.949 bits per heavy atom. The molecule has 0 spiro atoms. The molecule has 0 saturated carbocycles. The fourth-order valence-corrected chi connectivity index (χ4v) is 5.05. The summed E-state index contributed by atoms with van der Waals surface area (Å²) in [6.45, 7) is 1.44.